The maximum atomic E-state index is 13.0. The van der Waals surface area contributed by atoms with Crippen molar-refractivity contribution in [3.05, 3.63) is 89.0 Å². The van der Waals surface area contributed by atoms with Gasteiger partial charge in [0.2, 0.25) is 5.91 Å². The SMILES string of the molecule is CNC(=O)CCC(C=O)N1C(=O)c2ccc(NCCCCOCCCCCCCCOc3ccc(C(C)(C)c4ccc(O)cc4)cc3)cc2C1=O. The number of ether oxygens (including phenoxy) is 2. The molecule has 0 bridgehead atoms. The molecule has 1 aliphatic rings. The van der Waals surface area contributed by atoms with E-state index in [4.69, 9.17) is 9.47 Å². The number of nitrogens with one attached hydrogen (secondary N) is 2. The fraction of sp³-hybridized carbons (Fsp3) is 0.463. The molecule has 0 aliphatic carbocycles. The molecule has 0 spiro atoms. The van der Waals surface area contributed by atoms with E-state index in [1.165, 1.54) is 25.5 Å². The Bertz CT molecular complexity index is 1590. The average Bonchev–Trinajstić information content (AvgIpc) is 3.38. The van der Waals surface area contributed by atoms with Crippen LogP contribution in [-0.4, -0.2) is 73.5 Å². The van der Waals surface area contributed by atoms with E-state index < -0.39 is 17.9 Å². The molecule has 3 amide bonds. The van der Waals surface area contributed by atoms with Crippen molar-refractivity contribution in [2.45, 2.75) is 89.5 Å². The Morgan fingerprint density at radius 2 is 1.39 bits per heavy atom. The number of imide groups is 1. The second-order valence-corrected chi connectivity index (χ2v) is 13.6. The van der Waals surface area contributed by atoms with Crippen LogP contribution >= 0.6 is 0 Å². The zero-order valence-corrected chi connectivity index (χ0v) is 30.2. The van der Waals surface area contributed by atoms with Crippen LogP contribution < -0.4 is 15.4 Å². The van der Waals surface area contributed by atoms with E-state index in [0.29, 0.717) is 26.0 Å². The zero-order valence-electron chi connectivity index (χ0n) is 30.2. The van der Waals surface area contributed by atoms with Gasteiger partial charge in [-0.1, -0.05) is 63.8 Å². The van der Waals surface area contributed by atoms with Gasteiger partial charge < -0.3 is 30.0 Å². The van der Waals surface area contributed by atoms with Crippen molar-refractivity contribution in [2.75, 3.05) is 38.7 Å². The van der Waals surface area contributed by atoms with Crippen molar-refractivity contribution in [3.63, 3.8) is 0 Å². The monoisotopic (exact) mass is 699 g/mol. The highest BCUT2D eigenvalue weighted by molar-refractivity contribution is 6.22. The molecule has 10 heteroatoms. The number of carbonyl (C=O) groups excluding carboxylic acids is 4. The van der Waals surface area contributed by atoms with Crippen molar-refractivity contribution >= 4 is 29.7 Å². The van der Waals surface area contributed by atoms with Gasteiger partial charge in [0.1, 0.15) is 17.8 Å². The van der Waals surface area contributed by atoms with Gasteiger partial charge >= 0.3 is 0 Å². The second-order valence-electron chi connectivity index (χ2n) is 13.6. The van der Waals surface area contributed by atoms with E-state index >= 15 is 0 Å². The first-order valence-electron chi connectivity index (χ1n) is 18.2. The van der Waals surface area contributed by atoms with E-state index in [9.17, 15) is 24.3 Å². The lowest BCUT2D eigenvalue weighted by Crippen LogP contribution is -2.41. The summed E-state index contributed by atoms with van der Waals surface area (Å²) >= 11 is 0. The van der Waals surface area contributed by atoms with Crippen LogP contribution in [0.1, 0.15) is 110 Å². The molecule has 10 nitrogen and oxygen atoms in total. The molecular formula is C41H53N3O7. The third-order valence-corrected chi connectivity index (χ3v) is 9.51. The molecule has 3 N–H and O–H groups in total. The van der Waals surface area contributed by atoms with Crippen LogP contribution in [0.3, 0.4) is 0 Å². The summed E-state index contributed by atoms with van der Waals surface area (Å²) in [6.45, 7) is 7.23. The average molecular weight is 700 g/mol. The van der Waals surface area contributed by atoms with Gasteiger partial charge in [-0.05, 0) is 85.7 Å². The molecule has 51 heavy (non-hydrogen) atoms. The van der Waals surface area contributed by atoms with Gasteiger partial charge in [0.05, 0.1) is 23.8 Å². The van der Waals surface area contributed by atoms with Crippen molar-refractivity contribution in [3.8, 4) is 11.5 Å². The molecule has 1 aliphatic heterocycles. The molecule has 3 aromatic carbocycles. The van der Waals surface area contributed by atoms with Gasteiger partial charge in [-0.25, -0.2) is 0 Å². The lowest BCUT2D eigenvalue weighted by Gasteiger charge is -2.26. The summed E-state index contributed by atoms with van der Waals surface area (Å²) < 4.78 is 11.8. The number of rotatable bonds is 23. The summed E-state index contributed by atoms with van der Waals surface area (Å²) in [6.07, 6.45) is 9.24. The number of phenolic OH excluding ortho intramolecular Hbond substituents is 1. The molecule has 4 rings (SSSR count). The van der Waals surface area contributed by atoms with Crippen LogP contribution in [0.2, 0.25) is 0 Å². The van der Waals surface area contributed by atoms with Gasteiger partial charge in [-0.2, -0.15) is 0 Å². The highest BCUT2D eigenvalue weighted by Crippen LogP contribution is 2.33. The number of anilines is 1. The minimum atomic E-state index is -0.981. The summed E-state index contributed by atoms with van der Waals surface area (Å²) in [4.78, 5) is 50.0. The summed E-state index contributed by atoms with van der Waals surface area (Å²) in [5, 5.41) is 15.4. The number of hydrogen-bond donors (Lipinski definition) is 3. The molecule has 0 saturated heterocycles. The van der Waals surface area contributed by atoms with E-state index in [1.807, 2.05) is 24.3 Å². The fourth-order valence-electron chi connectivity index (χ4n) is 6.21. The molecule has 0 saturated carbocycles. The number of aldehydes is 1. The van der Waals surface area contributed by atoms with E-state index in [2.05, 4.69) is 36.6 Å². The Labute approximate surface area is 301 Å². The predicted octanol–water partition coefficient (Wildman–Crippen LogP) is 7.04. The first kappa shape index (κ1) is 39.1. The lowest BCUT2D eigenvalue weighted by molar-refractivity contribution is -0.121. The highest BCUT2D eigenvalue weighted by Gasteiger charge is 2.40. The van der Waals surface area contributed by atoms with Crippen molar-refractivity contribution in [1.82, 2.24) is 10.2 Å². The van der Waals surface area contributed by atoms with Crippen molar-refractivity contribution in [2.24, 2.45) is 0 Å². The Kier molecular flexibility index (Phi) is 15.0. The van der Waals surface area contributed by atoms with Gasteiger partial charge in [0, 0.05) is 44.3 Å². The molecule has 1 heterocycles. The standard InChI is InChI=1S/C41H53N3O7/c1-41(2,30-12-18-34(46)19-13-30)31-14-20-35(21-15-31)51-27-10-7-5-4-6-9-25-50-26-11-8-24-43-32-16-22-36-37(28-32)40(49)44(39(36)48)33(29-45)17-23-38(47)42-3/h12-16,18-22,28-29,33,43,46H,4-11,17,23-27H2,1-3H3,(H,42,47). The van der Waals surface area contributed by atoms with E-state index in [-0.39, 0.29) is 41.0 Å². The molecule has 274 valence electrons. The Morgan fingerprint density at radius 3 is 2.04 bits per heavy atom. The Hall–Kier alpha value is -4.70. The highest BCUT2D eigenvalue weighted by atomic mass is 16.5. The quantitative estimate of drug-likeness (QED) is 0.0546. The van der Waals surface area contributed by atoms with E-state index in [1.54, 1.807) is 30.3 Å². The number of hydrogen-bond acceptors (Lipinski definition) is 8. The first-order valence-corrected chi connectivity index (χ1v) is 18.2. The van der Waals surface area contributed by atoms with Gasteiger partial charge in [0.25, 0.3) is 11.8 Å². The number of carbonyl (C=O) groups is 4. The minimum Gasteiger partial charge on any atom is -0.508 e. The molecule has 1 atom stereocenters. The fourth-order valence-corrected chi connectivity index (χ4v) is 6.21. The molecule has 3 aromatic rings. The zero-order chi connectivity index (χ0) is 36.6. The van der Waals surface area contributed by atoms with Crippen LogP contribution in [0, 0.1) is 0 Å². The number of nitrogens with zero attached hydrogens (tertiary/aromatic N) is 1. The molecule has 1 unspecified atom stereocenters. The third-order valence-electron chi connectivity index (χ3n) is 9.51. The number of phenols is 1. The Morgan fingerprint density at radius 1 is 0.804 bits per heavy atom. The third kappa shape index (κ3) is 11.1. The molecular weight excluding hydrogens is 646 g/mol. The van der Waals surface area contributed by atoms with Crippen LogP contribution in [0.15, 0.2) is 66.7 Å². The lowest BCUT2D eigenvalue weighted by atomic mass is 9.78. The van der Waals surface area contributed by atoms with Crippen LogP contribution in [0.25, 0.3) is 0 Å². The van der Waals surface area contributed by atoms with Gasteiger partial charge in [-0.3, -0.25) is 19.3 Å². The van der Waals surface area contributed by atoms with Crippen molar-refractivity contribution in [1.29, 1.82) is 0 Å². The van der Waals surface area contributed by atoms with Crippen LogP contribution in [0.5, 0.6) is 11.5 Å². The van der Waals surface area contributed by atoms with Gasteiger partial charge in [-0.15, -0.1) is 0 Å². The van der Waals surface area contributed by atoms with E-state index in [0.717, 1.165) is 67.0 Å². The Balaban J connectivity index is 0.996. The minimum absolute atomic E-state index is 0.0445. The number of benzene rings is 3. The number of fused-ring (bicyclic) bond motifs is 1. The topological polar surface area (TPSA) is 134 Å². The summed E-state index contributed by atoms with van der Waals surface area (Å²) in [7, 11) is 1.50. The smallest absolute Gasteiger partial charge is 0.262 e. The first-order chi connectivity index (χ1) is 24.6. The predicted molar refractivity (Wildman–Crippen MR) is 199 cm³/mol. The normalized spacial score (nSPS) is 13.2. The van der Waals surface area contributed by atoms with Crippen LogP contribution in [-0.2, 0) is 19.7 Å². The number of unbranched alkanes of at least 4 members (excludes halogenated alkanes) is 6. The summed E-state index contributed by atoms with van der Waals surface area (Å²) in [5.74, 6) is -0.116. The van der Waals surface area contributed by atoms with Crippen molar-refractivity contribution < 1.29 is 33.8 Å². The molecule has 0 radical (unpaired) electrons. The maximum Gasteiger partial charge on any atom is 0.262 e. The summed E-state index contributed by atoms with van der Waals surface area (Å²) in [5.41, 5.74) is 3.46. The molecule has 0 fully saturated rings. The maximum absolute atomic E-state index is 13.0. The number of aromatic hydroxyl groups is 1. The molecule has 0 aromatic heterocycles. The summed E-state index contributed by atoms with van der Waals surface area (Å²) in [6, 6.07) is 19.7. The largest absolute Gasteiger partial charge is 0.508 e. The van der Waals surface area contributed by atoms with Gasteiger partial charge in [0.15, 0.2) is 0 Å². The second kappa shape index (κ2) is 19.6. The van der Waals surface area contributed by atoms with Crippen LogP contribution in [0.4, 0.5) is 5.69 Å². The number of amides is 3.